The summed E-state index contributed by atoms with van der Waals surface area (Å²) in [5.41, 5.74) is 1.98. The zero-order valence-corrected chi connectivity index (χ0v) is 11.6. The minimum absolute atomic E-state index is 0.0493. The van der Waals surface area contributed by atoms with Crippen LogP contribution in [0.25, 0.3) is 5.57 Å². The first-order valence-corrected chi connectivity index (χ1v) is 6.15. The van der Waals surface area contributed by atoms with Crippen LogP contribution >= 0.6 is 0 Å². The first-order valence-electron chi connectivity index (χ1n) is 6.15. The van der Waals surface area contributed by atoms with Gasteiger partial charge in [-0.15, -0.1) is 0 Å². The van der Waals surface area contributed by atoms with Gasteiger partial charge >= 0.3 is 12.1 Å². The number of aliphatic carboxylic acids is 1. The Hall–Kier alpha value is -2.16. The number of aromatic nitrogens is 1. The van der Waals surface area contributed by atoms with Crippen molar-refractivity contribution in [3.63, 3.8) is 0 Å². The van der Waals surface area contributed by atoms with E-state index in [1.165, 1.54) is 13.2 Å². The van der Waals surface area contributed by atoms with Crippen molar-refractivity contribution in [3.8, 4) is 5.88 Å². The van der Waals surface area contributed by atoms with Gasteiger partial charge in [-0.05, 0) is 30.2 Å². The lowest BCUT2D eigenvalue weighted by atomic mass is 10.0. The highest BCUT2D eigenvalue weighted by Gasteiger charge is 2.38. The smallest absolute Gasteiger partial charge is 0.479 e. The second kappa shape index (κ2) is 7.74. The van der Waals surface area contributed by atoms with Gasteiger partial charge in [-0.3, -0.25) is 0 Å². The standard InChI is InChI=1S/C11H13FN2O.C2HF3O2/c1-15-11-10(12)6-9(7-14-11)8-2-4-13-5-3-8;3-2(4,5)1(6)7/h2,6-7,13H,3-5H2,1H3;(H,6,7). The number of halogens is 4. The van der Waals surface area contributed by atoms with E-state index in [1.54, 1.807) is 6.20 Å². The zero-order valence-electron chi connectivity index (χ0n) is 11.6. The van der Waals surface area contributed by atoms with Crippen LogP contribution in [0.1, 0.15) is 12.0 Å². The van der Waals surface area contributed by atoms with Crippen molar-refractivity contribution >= 4 is 11.5 Å². The predicted octanol–water partition coefficient (Wildman–Crippen LogP) is 2.24. The fourth-order valence-corrected chi connectivity index (χ4v) is 1.64. The fraction of sp³-hybridized carbons (Fsp3) is 0.385. The molecule has 1 aliphatic rings. The molecular formula is C13H14F4N2O3. The summed E-state index contributed by atoms with van der Waals surface area (Å²) in [5, 5.41) is 10.3. The quantitative estimate of drug-likeness (QED) is 0.817. The van der Waals surface area contributed by atoms with E-state index in [0.29, 0.717) is 0 Å². The molecule has 0 spiro atoms. The number of nitrogens with one attached hydrogen (secondary N) is 1. The lowest BCUT2D eigenvalue weighted by Crippen LogP contribution is -2.21. The molecule has 9 heteroatoms. The molecule has 2 N–H and O–H groups in total. The number of nitrogens with zero attached hydrogens (tertiary/aromatic N) is 1. The molecule has 1 aromatic rings. The average Bonchev–Trinajstić information content (AvgIpc) is 2.47. The Balaban J connectivity index is 0.000000295. The molecule has 0 fully saturated rings. The molecule has 0 radical (unpaired) electrons. The number of rotatable bonds is 2. The van der Waals surface area contributed by atoms with Gasteiger partial charge in [-0.25, -0.2) is 14.2 Å². The summed E-state index contributed by atoms with van der Waals surface area (Å²) in [4.78, 5) is 12.8. The monoisotopic (exact) mass is 322 g/mol. The molecule has 0 saturated carbocycles. The van der Waals surface area contributed by atoms with Crippen molar-refractivity contribution in [1.82, 2.24) is 10.3 Å². The van der Waals surface area contributed by atoms with Crippen molar-refractivity contribution in [1.29, 1.82) is 0 Å². The van der Waals surface area contributed by atoms with Crippen molar-refractivity contribution < 1.29 is 32.2 Å². The third kappa shape index (κ3) is 5.32. The van der Waals surface area contributed by atoms with E-state index in [0.717, 1.165) is 30.6 Å². The number of alkyl halides is 3. The van der Waals surface area contributed by atoms with E-state index < -0.39 is 18.0 Å². The Kier molecular flexibility index (Phi) is 6.29. The van der Waals surface area contributed by atoms with Crippen LogP contribution < -0.4 is 10.1 Å². The van der Waals surface area contributed by atoms with Crippen molar-refractivity contribution in [3.05, 3.63) is 29.7 Å². The van der Waals surface area contributed by atoms with Gasteiger partial charge in [0, 0.05) is 12.7 Å². The molecule has 2 rings (SSSR count). The van der Waals surface area contributed by atoms with Gasteiger partial charge in [0.05, 0.1) is 7.11 Å². The van der Waals surface area contributed by atoms with Crippen LogP contribution in [0.5, 0.6) is 5.88 Å². The predicted molar refractivity (Wildman–Crippen MR) is 69.9 cm³/mol. The summed E-state index contributed by atoms with van der Waals surface area (Å²) in [7, 11) is 1.41. The van der Waals surface area contributed by atoms with Crippen molar-refractivity contribution in [2.24, 2.45) is 0 Å². The zero-order chi connectivity index (χ0) is 16.8. The number of methoxy groups -OCH3 is 1. The van der Waals surface area contributed by atoms with Crippen LogP contribution in [0, 0.1) is 5.82 Å². The van der Waals surface area contributed by atoms with E-state index >= 15 is 0 Å². The minimum Gasteiger partial charge on any atom is -0.479 e. The van der Waals surface area contributed by atoms with Gasteiger partial charge in [-0.1, -0.05) is 6.08 Å². The van der Waals surface area contributed by atoms with E-state index in [-0.39, 0.29) is 5.88 Å². The maximum Gasteiger partial charge on any atom is 0.490 e. The van der Waals surface area contributed by atoms with Gasteiger partial charge in [0.2, 0.25) is 5.88 Å². The molecule has 2 heterocycles. The average molecular weight is 322 g/mol. The second-order valence-electron chi connectivity index (χ2n) is 4.20. The number of carbonyl (C=O) groups is 1. The molecule has 0 amide bonds. The fourth-order valence-electron chi connectivity index (χ4n) is 1.64. The molecule has 0 aliphatic carbocycles. The maximum absolute atomic E-state index is 13.4. The highest BCUT2D eigenvalue weighted by molar-refractivity contribution is 5.73. The Morgan fingerprint density at radius 2 is 2.09 bits per heavy atom. The summed E-state index contributed by atoms with van der Waals surface area (Å²) < 4.78 is 49.9. The molecule has 0 atom stereocenters. The molecule has 0 saturated heterocycles. The van der Waals surface area contributed by atoms with E-state index in [2.05, 4.69) is 16.4 Å². The number of hydrogen-bond acceptors (Lipinski definition) is 4. The largest absolute Gasteiger partial charge is 0.490 e. The van der Waals surface area contributed by atoms with E-state index in [4.69, 9.17) is 14.6 Å². The molecule has 122 valence electrons. The molecule has 0 bridgehead atoms. The number of pyridine rings is 1. The number of carboxylic acid groups (broad SMARTS) is 1. The normalized spacial score (nSPS) is 14.5. The van der Waals surface area contributed by atoms with Gasteiger partial charge in [0.25, 0.3) is 0 Å². The Labute approximate surface area is 123 Å². The first kappa shape index (κ1) is 17.9. The van der Waals surface area contributed by atoms with Gasteiger partial charge in [0.1, 0.15) is 0 Å². The van der Waals surface area contributed by atoms with Crippen molar-refractivity contribution in [2.75, 3.05) is 20.2 Å². The molecule has 1 aromatic heterocycles. The van der Waals surface area contributed by atoms with E-state index in [9.17, 15) is 17.6 Å². The highest BCUT2D eigenvalue weighted by atomic mass is 19.4. The third-order valence-corrected chi connectivity index (χ3v) is 2.68. The Morgan fingerprint density at radius 1 is 1.45 bits per heavy atom. The summed E-state index contributed by atoms with van der Waals surface area (Å²) in [6.45, 7) is 1.77. The minimum atomic E-state index is -5.08. The molecular weight excluding hydrogens is 308 g/mol. The van der Waals surface area contributed by atoms with Gasteiger partial charge in [-0.2, -0.15) is 13.2 Å². The van der Waals surface area contributed by atoms with Crippen LogP contribution in [0.4, 0.5) is 17.6 Å². The topological polar surface area (TPSA) is 71.5 Å². The summed E-state index contributed by atoms with van der Waals surface area (Å²) >= 11 is 0. The highest BCUT2D eigenvalue weighted by Crippen LogP contribution is 2.22. The lowest BCUT2D eigenvalue weighted by molar-refractivity contribution is -0.192. The summed E-state index contributed by atoms with van der Waals surface area (Å²) in [6.07, 6.45) is -0.459. The molecule has 0 aromatic carbocycles. The molecule has 22 heavy (non-hydrogen) atoms. The summed E-state index contributed by atoms with van der Waals surface area (Å²) in [5.74, 6) is -3.12. The van der Waals surface area contributed by atoms with Crippen molar-refractivity contribution in [2.45, 2.75) is 12.6 Å². The maximum atomic E-state index is 13.4. The van der Waals surface area contributed by atoms with Crippen LogP contribution in [0.2, 0.25) is 0 Å². The molecule has 5 nitrogen and oxygen atoms in total. The van der Waals surface area contributed by atoms with Crippen LogP contribution in [0.15, 0.2) is 18.3 Å². The number of hydrogen-bond donors (Lipinski definition) is 2. The van der Waals surface area contributed by atoms with Crippen LogP contribution in [0.3, 0.4) is 0 Å². The van der Waals surface area contributed by atoms with Crippen LogP contribution in [-0.4, -0.2) is 42.4 Å². The van der Waals surface area contributed by atoms with Gasteiger partial charge in [0.15, 0.2) is 5.82 Å². The van der Waals surface area contributed by atoms with Crippen LogP contribution in [-0.2, 0) is 4.79 Å². The SMILES string of the molecule is COc1ncc(C2=CCNCC2)cc1F.O=C(O)C(F)(F)F. The van der Waals surface area contributed by atoms with Gasteiger partial charge < -0.3 is 15.2 Å². The number of ether oxygens (including phenoxy) is 1. The Bertz CT molecular complexity index is 559. The molecule has 1 aliphatic heterocycles. The number of carboxylic acids is 1. The molecule has 0 unspecified atom stereocenters. The summed E-state index contributed by atoms with van der Waals surface area (Å²) in [6, 6.07) is 1.48. The second-order valence-corrected chi connectivity index (χ2v) is 4.20. The van der Waals surface area contributed by atoms with E-state index in [1.807, 2.05) is 0 Å². The first-order chi connectivity index (χ1) is 10.3. The lowest BCUT2D eigenvalue weighted by Gasteiger charge is -2.14. The third-order valence-electron chi connectivity index (χ3n) is 2.68. The Morgan fingerprint density at radius 3 is 2.50 bits per heavy atom.